The number of allylic oxidation sites excluding steroid dienone is 2. The molecule has 0 aromatic rings. The number of carbonyl (C=O) groups is 3. The summed E-state index contributed by atoms with van der Waals surface area (Å²) in [5.41, 5.74) is 0. The highest BCUT2D eigenvalue weighted by Gasteiger charge is 2.19. The molecule has 0 bridgehead atoms. The molecule has 0 aliphatic carbocycles. The second kappa shape index (κ2) is 60.7. The van der Waals surface area contributed by atoms with Gasteiger partial charge in [0.2, 0.25) is 0 Å². The van der Waals surface area contributed by atoms with Gasteiger partial charge in [0.15, 0.2) is 6.10 Å². The fraction of sp³-hybridized carbons (Fsp3) is 0.923. The number of hydrogen-bond acceptors (Lipinski definition) is 6. The van der Waals surface area contributed by atoms with E-state index in [4.69, 9.17) is 14.2 Å². The summed E-state index contributed by atoms with van der Waals surface area (Å²) in [6, 6.07) is 0. The molecule has 71 heavy (non-hydrogen) atoms. The summed E-state index contributed by atoms with van der Waals surface area (Å²) in [4.78, 5) is 38.0. The first kappa shape index (κ1) is 69.2. The van der Waals surface area contributed by atoms with Gasteiger partial charge in [-0.2, -0.15) is 0 Å². The van der Waals surface area contributed by atoms with E-state index in [1.165, 1.54) is 263 Å². The number of ether oxygens (including phenoxy) is 3. The number of carbonyl (C=O) groups excluding carboxylic acids is 3. The minimum Gasteiger partial charge on any atom is -0.462 e. The van der Waals surface area contributed by atoms with Crippen LogP contribution in [0.15, 0.2) is 12.2 Å². The molecule has 0 N–H and O–H groups in total. The van der Waals surface area contributed by atoms with Crippen LogP contribution in [0, 0.1) is 0 Å². The summed E-state index contributed by atoms with van der Waals surface area (Å²) in [6.07, 6.45) is 71.2. The molecular weight excluding hydrogens is 877 g/mol. The third kappa shape index (κ3) is 58.9. The summed E-state index contributed by atoms with van der Waals surface area (Å²) >= 11 is 0. The minimum absolute atomic E-state index is 0.0681. The van der Waals surface area contributed by atoms with Crippen molar-refractivity contribution in [3.63, 3.8) is 0 Å². The zero-order valence-electron chi connectivity index (χ0n) is 48.3. The Bertz CT molecular complexity index is 1100. The van der Waals surface area contributed by atoms with Crippen molar-refractivity contribution in [2.45, 2.75) is 374 Å². The fourth-order valence-electron chi connectivity index (χ4n) is 9.91. The topological polar surface area (TPSA) is 78.9 Å². The standard InChI is InChI=1S/C65H124O6/c1-4-7-10-13-16-18-20-22-24-26-27-28-29-30-31-32-33-34-35-36-37-38-39-41-42-44-46-49-52-55-58-64(67)70-61-62(60-69-63(66)57-54-51-48-15-12-9-6-3)71-65(68)59-56-53-50-47-45-43-40-25-23-21-19-17-14-11-8-5-2/h25,40,62H,4-24,26-39,41-61H2,1-3H3/b40-25-. The van der Waals surface area contributed by atoms with E-state index < -0.39 is 6.10 Å². The van der Waals surface area contributed by atoms with E-state index in [1.807, 2.05) is 0 Å². The molecular formula is C65H124O6. The van der Waals surface area contributed by atoms with Gasteiger partial charge >= 0.3 is 17.9 Å². The second-order valence-corrected chi connectivity index (χ2v) is 22.0. The van der Waals surface area contributed by atoms with Crippen LogP contribution in [-0.2, 0) is 28.6 Å². The van der Waals surface area contributed by atoms with Gasteiger partial charge in [0.25, 0.3) is 0 Å². The molecule has 0 saturated carbocycles. The van der Waals surface area contributed by atoms with Crippen LogP contribution in [0.3, 0.4) is 0 Å². The van der Waals surface area contributed by atoms with E-state index in [0.29, 0.717) is 19.3 Å². The molecule has 0 saturated heterocycles. The van der Waals surface area contributed by atoms with E-state index in [9.17, 15) is 14.4 Å². The minimum atomic E-state index is -0.768. The molecule has 0 heterocycles. The maximum absolute atomic E-state index is 12.8. The summed E-state index contributed by atoms with van der Waals surface area (Å²) in [5, 5.41) is 0. The monoisotopic (exact) mass is 1000 g/mol. The summed E-state index contributed by atoms with van der Waals surface area (Å²) in [7, 11) is 0. The maximum atomic E-state index is 12.8. The van der Waals surface area contributed by atoms with E-state index in [2.05, 4.69) is 32.9 Å². The van der Waals surface area contributed by atoms with Gasteiger partial charge in [0.1, 0.15) is 13.2 Å². The zero-order valence-corrected chi connectivity index (χ0v) is 48.3. The molecule has 0 spiro atoms. The molecule has 0 fully saturated rings. The van der Waals surface area contributed by atoms with Gasteiger partial charge in [-0.05, 0) is 44.9 Å². The molecule has 0 rings (SSSR count). The number of unbranched alkanes of at least 4 members (excludes halogenated alkanes) is 47. The van der Waals surface area contributed by atoms with Crippen molar-refractivity contribution in [3.05, 3.63) is 12.2 Å². The van der Waals surface area contributed by atoms with Crippen LogP contribution in [0.5, 0.6) is 0 Å². The smallest absolute Gasteiger partial charge is 0.306 e. The highest BCUT2D eigenvalue weighted by Crippen LogP contribution is 2.18. The summed E-state index contributed by atoms with van der Waals surface area (Å²) < 4.78 is 16.8. The number of rotatable bonds is 60. The lowest BCUT2D eigenvalue weighted by Gasteiger charge is -2.18. The van der Waals surface area contributed by atoms with Crippen LogP contribution < -0.4 is 0 Å². The Balaban J connectivity index is 3.98. The number of esters is 3. The van der Waals surface area contributed by atoms with Gasteiger partial charge in [-0.3, -0.25) is 14.4 Å². The lowest BCUT2D eigenvalue weighted by atomic mass is 10.0. The van der Waals surface area contributed by atoms with E-state index in [0.717, 1.165) is 64.2 Å². The molecule has 420 valence electrons. The SMILES string of the molecule is CCCCCCCCC/C=C\CCCCCCCC(=O)OC(COC(=O)CCCCCCCCC)COC(=O)CCCCCCCCCCCCCCCCCCCCCCCCCCCCCCCC. The lowest BCUT2D eigenvalue weighted by Crippen LogP contribution is -2.30. The zero-order chi connectivity index (χ0) is 51.4. The predicted octanol–water partition coefficient (Wildman–Crippen LogP) is 21.7. The lowest BCUT2D eigenvalue weighted by molar-refractivity contribution is -0.167. The second-order valence-electron chi connectivity index (χ2n) is 22.0. The Hall–Kier alpha value is -1.85. The van der Waals surface area contributed by atoms with Gasteiger partial charge in [-0.15, -0.1) is 0 Å². The molecule has 0 aromatic carbocycles. The highest BCUT2D eigenvalue weighted by atomic mass is 16.6. The van der Waals surface area contributed by atoms with E-state index in [-0.39, 0.29) is 31.1 Å². The average Bonchev–Trinajstić information content (AvgIpc) is 3.37. The largest absolute Gasteiger partial charge is 0.462 e. The highest BCUT2D eigenvalue weighted by molar-refractivity contribution is 5.71. The van der Waals surface area contributed by atoms with Crippen LogP contribution in [0.4, 0.5) is 0 Å². The van der Waals surface area contributed by atoms with Crippen LogP contribution in [0.1, 0.15) is 367 Å². The first-order valence-electron chi connectivity index (χ1n) is 32.2. The molecule has 6 nitrogen and oxygen atoms in total. The Morgan fingerprint density at radius 3 is 0.704 bits per heavy atom. The van der Waals surface area contributed by atoms with Crippen LogP contribution in [0.2, 0.25) is 0 Å². The Morgan fingerprint density at radius 2 is 0.465 bits per heavy atom. The normalized spacial score (nSPS) is 12.0. The first-order valence-corrected chi connectivity index (χ1v) is 32.2. The van der Waals surface area contributed by atoms with E-state index in [1.54, 1.807) is 0 Å². The van der Waals surface area contributed by atoms with Crippen LogP contribution >= 0.6 is 0 Å². The molecule has 1 atom stereocenters. The molecule has 1 unspecified atom stereocenters. The molecule has 0 aromatic heterocycles. The summed E-state index contributed by atoms with van der Waals surface area (Å²) in [5.74, 6) is -0.860. The maximum Gasteiger partial charge on any atom is 0.306 e. The third-order valence-electron chi connectivity index (χ3n) is 14.8. The van der Waals surface area contributed by atoms with Crippen molar-refractivity contribution in [1.82, 2.24) is 0 Å². The molecule has 0 amide bonds. The third-order valence-corrected chi connectivity index (χ3v) is 14.8. The Kier molecular flexibility index (Phi) is 59.1. The summed E-state index contributed by atoms with van der Waals surface area (Å²) in [6.45, 7) is 6.65. The predicted molar refractivity (Wildman–Crippen MR) is 307 cm³/mol. The van der Waals surface area contributed by atoms with Crippen LogP contribution in [-0.4, -0.2) is 37.2 Å². The number of hydrogen-bond donors (Lipinski definition) is 0. The van der Waals surface area contributed by atoms with Crippen molar-refractivity contribution < 1.29 is 28.6 Å². The fourth-order valence-corrected chi connectivity index (χ4v) is 9.91. The molecule has 6 heteroatoms. The quantitative estimate of drug-likeness (QED) is 0.0261. The van der Waals surface area contributed by atoms with Gasteiger partial charge < -0.3 is 14.2 Å². The average molecular weight is 1000 g/mol. The Labute approximate surface area is 443 Å². The van der Waals surface area contributed by atoms with Gasteiger partial charge in [0, 0.05) is 19.3 Å². The van der Waals surface area contributed by atoms with E-state index >= 15 is 0 Å². The molecule has 0 aliphatic heterocycles. The molecule has 0 aliphatic rings. The van der Waals surface area contributed by atoms with Gasteiger partial charge in [0.05, 0.1) is 0 Å². The van der Waals surface area contributed by atoms with Crippen molar-refractivity contribution in [2.24, 2.45) is 0 Å². The molecule has 0 radical (unpaired) electrons. The van der Waals surface area contributed by atoms with Crippen molar-refractivity contribution in [2.75, 3.05) is 13.2 Å². The first-order chi connectivity index (χ1) is 35.0. The van der Waals surface area contributed by atoms with Crippen molar-refractivity contribution in [1.29, 1.82) is 0 Å². The van der Waals surface area contributed by atoms with Crippen molar-refractivity contribution in [3.8, 4) is 0 Å². The van der Waals surface area contributed by atoms with Gasteiger partial charge in [-0.1, -0.05) is 315 Å². The van der Waals surface area contributed by atoms with Crippen LogP contribution in [0.25, 0.3) is 0 Å². The van der Waals surface area contributed by atoms with Crippen molar-refractivity contribution >= 4 is 17.9 Å². The Morgan fingerprint density at radius 1 is 0.268 bits per heavy atom. The van der Waals surface area contributed by atoms with Gasteiger partial charge in [-0.25, -0.2) is 0 Å².